The first-order valence-electron chi connectivity index (χ1n) is 6.09. The first-order chi connectivity index (χ1) is 9.50. The number of benzene rings is 1. The number of hydrogen-bond acceptors (Lipinski definition) is 7. The van der Waals surface area contributed by atoms with E-state index < -0.39 is 36.7 Å². The van der Waals surface area contributed by atoms with Crippen molar-refractivity contribution in [2.24, 2.45) is 0 Å². The van der Waals surface area contributed by atoms with Crippen LogP contribution in [0.2, 0.25) is 0 Å². The summed E-state index contributed by atoms with van der Waals surface area (Å²) < 4.78 is 9.69. The molecular formula is C13H16O7. The summed E-state index contributed by atoms with van der Waals surface area (Å²) in [6.07, 6.45) is -8.34. The first-order valence-corrected chi connectivity index (χ1v) is 6.09. The van der Waals surface area contributed by atoms with E-state index in [9.17, 15) is 25.2 Å². The minimum Gasteiger partial charge on any atom is -0.459 e. The number of carbonyl (C=O) groups excluding carboxylic acids is 1. The van der Waals surface area contributed by atoms with E-state index in [4.69, 9.17) is 9.47 Å². The molecule has 7 nitrogen and oxygen atoms in total. The lowest BCUT2D eigenvalue weighted by Crippen LogP contribution is -2.59. The summed E-state index contributed by atoms with van der Waals surface area (Å²) in [6, 6.07) is 8.86. The highest BCUT2D eigenvalue weighted by Gasteiger charge is 2.46. The lowest BCUT2D eigenvalue weighted by atomic mass is 9.99. The molecule has 1 heterocycles. The Bertz CT molecular complexity index is 449. The first kappa shape index (κ1) is 14.9. The molecule has 0 aromatic heterocycles. The number of ether oxygens (including phenoxy) is 2. The number of aliphatic hydroxyl groups excluding tert-OH is 4. The molecule has 1 aliphatic rings. The van der Waals surface area contributed by atoms with E-state index in [0.29, 0.717) is 0 Å². The summed E-state index contributed by atoms with van der Waals surface area (Å²) in [6.45, 7) is -0.0268. The number of hydrogen-bond donors (Lipinski definition) is 4. The van der Waals surface area contributed by atoms with Crippen LogP contribution in [0.1, 0.15) is 5.56 Å². The zero-order valence-electron chi connectivity index (χ0n) is 10.5. The Morgan fingerprint density at radius 1 is 1.05 bits per heavy atom. The molecule has 1 aromatic carbocycles. The molecule has 0 bridgehead atoms. The number of esters is 1. The Kier molecular flexibility index (Phi) is 4.69. The second kappa shape index (κ2) is 6.29. The molecular weight excluding hydrogens is 268 g/mol. The smallest absolute Gasteiger partial charge is 0.338 e. The number of carbonyl (C=O) groups is 1. The fourth-order valence-corrected chi connectivity index (χ4v) is 1.87. The van der Waals surface area contributed by atoms with Crippen molar-refractivity contribution in [3.63, 3.8) is 0 Å². The van der Waals surface area contributed by atoms with Crippen LogP contribution in [0.4, 0.5) is 0 Å². The predicted molar refractivity (Wildman–Crippen MR) is 65.1 cm³/mol. The van der Waals surface area contributed by atoms with Crippen molar-refractivity contribution in [3.05, 3.63) is 35.9 Å². The minimum atomic E-state index is -1.76. The van der Waals surface area contributed by atoms with Gasteiger partial charge in [0.05, 0.1) is 0 Å². The molecule has 1 aliphatic heterocycles. The van der Waals surface area contributed by atoms with Crippen LogP contribution in [-0.2, 0) is 20.9 Å². The third-order valence-corrected chi connectivity index (χ3v) is 3.04. The van der Waals surface area contributed by atoms with Crippen LogP contribution >= 0.6 is 0 Å². The Labute approximate surface area is 115 Å². The summed E-state index contributed by atoms with van der Waals surface area (Å²) in [4.78, 5) is 11.8. The summed E-state index contributed by atoms with van der Waals surface area (Å²) in [7, 11) is 0. The standard InChI is InChI=1S/C13H16O7/c14-8-9(15)11(20-12(17)10(8)16)13(18)19-6-7-4-2-1-3-5-7/h1-5,8-12,14-17H,6H2/t8-,9-,10+,11-,12+/m0/s1. The highest BCUT2D eigenvalue weighted by molar-refractivity contribution is 5.75. The monoisotopic (exact) mass is 284 g/mol. The molecule has 5 atom stereocenters. The van der Waals surface area contributed by atoms with Gasteiger partial charge in [0.1, 0.15) is 24.9 Å². The minimum absolute atomic E-state index is 0.0268. The van der Waals surface area contributed by atoms with E-state index in [0.717, 1.165) is 5.56 Å². The SMILES string of the molecule is O=C(OCc1ccccc1)[C@H]1O[C@@H](O)[C@H](O)[C@@H](O)[C@@H]1O. The molecule has 0 saturated carbocycles. The van der Waals surface area contributed by atoms with Crippen molar-refractivity contribution in [2.75, 3.05) is 0 Å². The van der Waals surface area contributed by atoms with E-state index in [-0.39, 0.29) is 6.61 Å². The van der Waals surface area contributed by atoms with Gasteiger partial charge in [0.2, 0.25) is 0 Å². The van der Waals surface area contributed by atoms with Gasteiger partial charge in [-0.15, -0.1) is 0 Å². The largest absolute Gasteiger partial charge is 0.459 e. The summed E-state index contributed by atoms with van der Waals surface area (Å²) in [5, 5.41) is 37.7. The third-order valence-electron chi connectivity index (χ3n) is 3.04. The van der Waals surface area contributed by atoms with Crippen molar-refractivity contribution in [2.45, 2.75) is 37.3 Å². The van der Waals surface area contributed by atoms with Gasteiger partial charge in [-0.2, -0.15) is 0 Å². The molecule has 7 heteroatoms. The van der Waals surface area contributed by atoms with Crippen LogP contribution in [0.3, 0.4) is 0 Å². The van der Waals surface area contributed by atoms with Gasteiger partial charge >= 0.3 is 5.97 Å². The highest BCUT2D eigenvalue weighted by Crippen LogP contribution is 2.21. The molecule has 2 rings (SSSR count). The normalized spacial score (nSPS) is 33.7. The van der Waals surface area contributed by atoms with Crippen LogP contribution in [0.25, 0.3) is 0 Å². The highest BCUT2D eigenvalue weighted by atomic mass is 16.7. The average molecular weight is 284 g/mol. The molecule has 4 N–H and O–H groups in total. The van der Waals surface area contributed by atoms with Gasteiger partial charge in [-0.05, 0) is 5.56 Å². The predicted octanol–water partition coefficient (Wildman–Crippen LogP) is -1.47. The van der Waals surface area contributed by atoms with E-state index in [1.165, 1.54) is 0 Å². The molecule has 20 heavy (non-hydrogen) atoms. The molecule has 1 saturated heterocycles. The summed E-state index contributed by atoms with van der Waals surface area (Å²) >= 11 is 0. The lowest BCUT2D eigenvalue weighted by Gasteiger charge is -2.36. The topological polar surface area (TPSA) is 116 Å². The van der Waals surface area contributed by atoms with Crippen LogP contribution in [0.5, 0.6) is 0 Å². The molecule has 110 valence electrons. The summed E-state index contributed by atoms with van der Waals surface area (Å²) in [5.74, 6) is -0.925. The van der Waals surface area contributed by atoms with Gasteiger partial charge in [0.15, 0.2) is 12.4 Å². The van der Waals surface area contributed by atoms with Gasteiger partial charge in [0, 0.05) is 0 Å². The maximum Gasteiger partial charge on any atom is 0.338 e. The fourth-order valence-electron chi connectivity index (χ4n) is 1.87. The van der Waals surface area contributed by atoms with Crippen molar-refractivity contribution in [1.82, 2.24) is 0 Å². The van der Waals surface area contributed by atoms with Crippen molar-refractivity contribution >= 4 is 5.97 Å². The van der Waals surface area contributed by atoms with Crippen molar-refractivity contribution in [3.8, 4) is 0 Å². The van der Waals surface area contributed by atoms with Crippen LogP contribution in [-0.4, -0.2) is 57.1 Å². The zero-order valence-corrected chi connectivity index (χ0v) is 10.5. The molecule has 0 amide bonds. The van der Waals surface area contributed by atoms with E-state index >= 15 is 0 Å². The molecule has 0 spiro atoms. The van der Waals surface area contributed by atoms with Gasteiger partial charge in [-0.1, -0.05) is 30.3 Å². The Morgan fingerprint density at radius 2 is 1.70 bits per heavy atom. The van der Waals surface area contributed by atoms with Crippen LogP contribution in [0, 0.1) is 0 Å². The Morgan fingerprint density at radius 3 is 2.35 bits per heavy atom. The Hall–Kier alpha value is -1.51. The fraction of sp³-hybridized carbons (Fsp3) is 0.462. The molecule has 0 radical (unpaired) electrons. The maximum atomic E-state index is 11.8. The van der Waals surface area contributed by atoms with E-state index in [1.807, 2.05) is 6.07 Å². The van der Waals surface area contributed by atoms with Crippen LogP contribution in [0.15, 0.2) is 30.3 Å². The van der Waals surface area contributed by atoms with Crippen molar-refractivity contribution in [1.29, 1.82) is 0 Å². The molecule has 0 unspecified atom stereocenters. The van der Waals surface area contributed by atoms with Gasteiger partial charge in [-0.3, -0.25) is 0 Å². The van der Waals surface area contributed by atoms with E-state index in [2.05, 4.69) is 0 Å². The third kappa shape index (κ3) is 3.14. The molecule has 1 aromatic rings. The van der Waals surface area contributed by atoms with Gasteiger partial charge in [0.25, 0.3) is 0 Å². The number of rotatable bonds is 3. The van der Waals surface area contributed by atoms with E-state index in [1.54, 1.807) is 24.3 Å². The second-order valence-electron chi connectivity index (χ2n) is 4.51. The summed E-state index contributed by atoms with van der Waals surface area (Å²) in [5.41, 5.74) is 0.743. The maximum absolute atomic E-state index is 11.8. The van der Waals surface area contributed by atoms with Gasteiger partial charge in [-0.25, -0.2) is 4.79 Å². The zero-order chi connectivity index (χ0) is 14.7. The molecule has 1 fully saturated rings. The van der Waals surface area contributed by atoms with Crippen molar-refractivity contribution < 1.29 is 34.7 Å². The van der Waals surface area contributed by atoms with Gasteiger partial charge < -0.3 is 29.9 Å². The second-order valence-corrected chi connectivity index (χ2v) is 4.51. The lowest BCUT2D eigenvalue weighted by molar-refractivity contribution is -0.281. The number of aliphatic hydroxyl groups is 4. The van der Waals surface area contributed by atoms with Crippen LogP contribution < -0.4 is 0 Å². The quantitative estimate of drug-likeness (QED) is 0.501. The average Bonchev–Trinajstić information content (AvgIpc) is 2.47. The molecule has 0 aliphatic carbocycles. The Balaban J connectivity index is 1.95.